The molecular formula is C40H52O5S2. The lowest BCUT2D eigenvalue weighted by Gasteiger charge is -2.43. The Kier molecular flexibility index (Phi) is 9.95. The zero-order valence-corrected chi connectivity index (χ0v) is 30.2. The van der Waals surface area contributed by atoms with Crippen molar-refractivity contribution < 1.29 is 23.8 Å². The Hall–Kier alpha value is -2.12. The summed E-state index contributed by atoms with van der Waals surface area (Å²) >= 11 is 3.62. The number of hydrogen-bond donors (Lipinski definition) is 0. The van der Waals surface area contributed by atoms with Crippen molar-refractivity contribution in [1.29, 1.82) is 0 Å². The molecule has 5 aliphatic carbocycles. The van der Waals surface area contributed by atoms with E-state index in [9.17, 15) is 9.59 Å². The average Bonchev–Trinajstić information content (AvgIpc) is 3.88. The summed E-state index contributed by atoms with van der Waals surface area (Å²) in [7, 11) is 1.69. The molecule has 5 saturated carbocycles. The van der Waals surface area contributed by atoms with Crippen LogP contribution >= 0.6 is 23.5 Å². The molecule has 4 bridgehead atoms. The number of ether oxygens (including phenoxy) is 3. The first-order valence-electron chi connectivity index (χ1n) is 18.2. The molecule has 0 amide bonds. The van der Waals surface area contributed by atoms with E-state index >= 15 is 0 Å². The third-order valence-corrected chi connectivity index (χ3v) is 15.3. The number of esters is 1. The molecular weight excluding hydrogens is 625 g/mol. The van der Waals surface area contributed by atoms with Crippen LogP contribution in [-0.2, 0) is 14.9 Å². The number of carbonyl (C=O) groups is 2. The zero-order valence-electron chi connectivity index (χ0n) is 28.5. The minimum absolute atomic E-state index is 0.0332. The zero-order chi connectivity index (χ0) is 32.7. The van der Waals surface area contributed by atoms with Crippen molar-refractivity contribution in [3.63, 3.8) is 0 Å². The molecule has 0 spiro atoms. The Labute approximate surface area is 290 Å². The Morgan fingerprint density at radius 2 is 1.45 bits per heavy atom. The number of unbranched alkanes of at least 4 members (excludes halogenated alkanes) is 1. The molecule has 7 rings (SSSR count). The third kappa shape index (κ3) is 6.61. The van der Waals surface area contributed by atoms with Crippen LogP contribution in [0.5, 0.6) is 11.5 Å². The monoisotopic (exact) mass is 676 g/mol. The summed E-state index contributed by atoms with van der Waals surface area (Å²) in [6.45, 7) is 7.11. The van der Waals surface area contributed by atoms with E-state index in [2.05, 4.69) is 56.8 Å². The van der Waals surface area contributed by atoms with Crippen molar-refractivity contribution in [2.45, 2.75) is 94.5 Å². The van der Waals surface area contributed by atoms with Gasteiger partial charge in [-0.3, -0.25) is 4.79 Å². The second kappa shape index (κ2) is 14.0. The van der Waals surface area contributed by atoms with Crippen LogP contribution < -0.4 is 9.47 Å². The SMILES string of the molecule is CCCCC(=O)OCCCSC1CC2C(C1)C1CC2C2C3CC(SC(=O)Oc4ccc(C(C)(C)c5ccc(OC)cc5)cc4)C(C3)C12. The molecule has 0 saturated heterocycles. The average molecular weight is 677 g/mol. The molecule has 5 aliphatic rings. The second-order valence-electron chi connectivity index (χ2n) is 15.5. The lowest BCUT2D eigenvalue weighted by Crippen LogP contribution is -2.39. The van der Waals surface area contributed by atoms with E-state index in [1.165, 1.54) is 55.0 Å². The summed E-state index contributed by atoms with van der Waals surface area (Å²) in [4.78, 5) is 25.0. The molecule has 5 nitrogen and oxygen atoms in total. The van der Waals surface area contributed by atoms with E-state index in [-0.39, 0.29) is 16.7 Å². The molecule has 2 aromatic rings. The lowest BCUT2D eigenvalue weighted by molar-refractivity contribution is -0.143. The van der Waals surface area contributed by atoms with Crippen molar-refractivity contribution >= 4 is 34.8 Å². The van der Waals surface area contributed by atoms with Gasteiger partial charge in [0.1, 0.15) is 11.5 Å². The van der Waals surface area contributed by atoms with Gasteiger partial charge in [0.15, 0.2) is 0 Å². The van der Waals surface area contributed by atoms with Gasteiger partial charge in [-0.2, -0.15) is 11.8 Å². The second-order valence-corrected chi connectivity index (χ2v) is 18.1. The number of rotatable bonds is 13. The molecule has 7 heteroatoms. The van der Waals surface area contributed by atoms with Gasteiger partial charge in [0, 0.05) is 22.3 Å². The van der Waals surface area contributed by atoms with Crippen molar-refractivity contribution in [2.75, 3.05) is 19.5 Å². The minimum atomic E-state index is -0.176. The number of thioether (sulfide) groups is 2. The van der Waals surface area contributed by atoms with Crippen LogP contribution in [-0.4, -0.2) is 41.2 Å². The van der Waals surface area contributed by atoms with Gasteiger partial charge in [-0.25, -0.2) is 4.79 Å². The maximum atomic E-state index is 13.2. The van der Waals surface area contributed by atoms with Gasteiger partial charge in [-0.1, -0.05) is 51.5 Å². The predicted molar refractivity (Wildman–Crippen MR) is 191 cm³/mol. The first kappa shape index (κ1) is 33.4. The molecule has 0 aliphatic heterocycles. The van der Waals surface area contributed by atoms with Gasteiger partial charge < -0.3 is 14.2 Å². The highest BCUT2D eigenvalue weighted by Crippen LogP contribution is 2.74. The van der Waals surface area contributed by atoms with Crippen LogP contribution in [0.4, 0.5) is 4.79 Å². The van der Waals surface area contributed by atoms with Gasteiger partial charge in [0.2, 0.25) is 0 Å². The molecule has 0 radical (unpaired) electrons. The van der Waals surface area contributed by atoms with Crippen LogP contribution in [0.2, 0.25) is 0 Å². The lowest BCUT2D eigenvalue weighted by atomic mass is 9.64. The van der Waals surface area contributed by atoms with Crippen LogP contribution in [0.1, 0.15) is 89.7 Å². The highest BCUT2D eigenvalue weighted by atomic mass is 32.2. The Balaban J connectivity index is 0.886. The maximum absolute atomic E-state index is 13.2. The molecule has 5 fully saturated rings. The molecule has 254 valence electrons. The summed E-state index contributed by atoms with van der Waals surface area (Å²) in [5, 5.41) is 1.04. The predicted octanol–water partition coefficient (Wildman–Crippen LogP) is 9.80. The normalized spacial score (nSPS) is 33.1. The molecule has 0 heterocycles. The van der Waals surface area contributed by atoms with Crippen LogP contribution in [0, 0.1) is 47.3 Å². The topological polar surface area (TPSA) is 61.8 Å². The van der Waals surface area contributed by atoms with Crippen molar-refractivity contribution in [2.24, 2.45) is 47.3 Å². The van der Waals surface area contributed by atoms with Crippen molar-refractivity contribution in [3.8, 4) is 11.5 Å². The first-order valence-corrected chi connectivity index (χ1v) is 20.1. The summed E-state index contributed by atoms with van der Waals surface area (Å²) in [6, 6.07) is 16.3. The van der Waals surface area contributed by atoms with Gasteiger partial charge in [-0.15, -0.1) is 0 Å². The summed E-state index contributed by atoms with van der Waals surface area (Å²) < 4.78 is 16.7. The van der Waals surface area contributed by atoms with Gasteiger partial charge in [-0.05, 0) is 145 Å². The van der Waals surface area contributed by atoms with E-state index in [1.54, 1.807) is 7.11 Å². The van der Waals surface area contributed by atoms with E-state index in [1.807, 2.05) is 24.3 Å². The van der Waals surface area contributed by atoms with Crippen molar-refractivity contribution in [1.82, 2.24) is 0 Å². The van der Waals surface area contributed by atoms with Crippen molar-refractivity contribution in [3.05, 3.63) is 59.7 Å². The van der Waals surface area contributed by atoms with E-state index < -0.39 is 0 Å². The highest BCUT2D eigenvalue weighted by molar-refractivity contribution is 8.13. The van der Waals surface area contributed by atoms with Gasteiger partial charge >= 0.3 is 11.3 Å². The smallest absolute Gasteiger partial charge is 0.372 e. The Bertz CT molecular complexity index is 1410. The minimum Gasteiger partial charge on any atom is -0.497 e. The summed E-state index contributed by atoms with van der Waals surface area (Å²) in [5.74, 6) is 9.39. The largest absolute Gasteiger partial charge is 0.497 e. The molecule has 0 aromatic heterocycles. The fraction of sp³-hybridized carbons (Fsp3) is 0.650. The summed E-state index contributed by atoms with van der Waals surface area (Å²) in [6.07, 6.45) is 10.2. The number of hydrogen-bond acceptors (Lipinski definition) is 7. The van der Waals surface area contributed by atoms with Crippen LogP contribution in [0.25, 0.3) is 0 Å². The third-order valence-electron chi connectivity index (χ3n) is 12.8. The molecule has 10 unspecified atom stereocenters. The van der Waals surface area contributed by atoms with E-state index in [0.29, 0.717) is 29.9 Å². The highest BCUT2D eigenvalue weighted by Gasteiger charge is 2.68. The molecule has 0 N–H and O–H groups in total. The number of benzene rings is 2. The Morgan fingerprint density at radius 3 is 2.11 bits per heavy atom. The fourth-order valence-corrected chi connectivity index (χ4v) is 13.3. The fourth-order valence-electron chi connectivity index (χ4n) is 10.7. The number of methoxy groups -OCH3 is 1. The maximum Gasteiger partial charge on any atom is 0.372 e. The van der Waals surface area contributed by atoms with E-state index in [0.717, 1.165) is 77.4 Å². The van der Waals surface area contributed by atoms with Crippen LogP contribution in [0.3, 0.4) is 0 Å². The van der Waals surface area contributed by atoms with Gasteiger partial charge in [0.05, 0.1) is 13.7 Å². The van der Waals surface area contributed by atoms with Gasteiger partial charge in [0.25, 0.3) is 0 Å². The molecule has 10 atom stereocenters. The number of fused-ring (bicyclic) bond motifs is 12. The van der Waals surface area contributed by atoms with Crippen LogP contribution in [0.15, 0.2) is 48.5 Å². The first-order chi connectivity index (χ1) is 22.8. The quantitative estimate of drug-likeness (QED) is 0.119. The molecule has 47 heavy (non-hydrogen) atoms. The number of carbonyl (C=O) groups excluding carboxylic acids is 2. The summed E-state index contributed by atoms with van der Waals surface area (Å²) in [5.41, 5.74) is 2.22. The Morgan fingerprint density at radius 1 is 0.787 bits per heavy atom. The molecule has 2 aromatic carbocycles. The van der Waals surface area contributed by atoms with E-state index in [4.69, 9.17) is 14.2 Å². The standard InChI is InChI=1S/C40H52O5S2/c1-5-6-8-36(41)44-17-7-18-46-29-21-30-31(22-29)33-23-32(30)37-24-19-34(38(33)37)35(20-24)47-39(42)45-28-15-11-26(12-16-28)40(2,3)25-9-13-27(43-4)14-10-25/h9-16,24,29-35,37-38H,5-8,17-23H2,1-4H3.